The summed E-state index contributed by atoms with van der Waals surface area (Å²) in [5, 5.41) is 40.0. The van der Waals surface area contributed by atoms with Crippen molar-refractivity contribution in [3.8, 4) is 11.5 Å². The molecule has 7 heteroatoms. The molecule has 0 amide bonds. The second-order valence-corrected chi connectivity index (χ2v) is 3.80. The van der Waals surface area contributed by atoms with E-state index in [1.54, 1.807) is 0 Å². The van der Waals surface area contributed by atoms with E-state index in [0.29, 0.717) is 0 Å². The van der Waals surface area contributed by atoms with Crippen molar-refractivity contribution in [1.29, 1.82) is 0 Å². The minimum atomic E-state index is -1.43. The number of aliphatic carboxylic acids is 2. The molecule has 0 atom stereocenters. The van der Waals surface area contributed by atoms with E-state index in [4.69, 9.17) is 0 Å². The third-order valence-corrected chi connectivity index (χ3v) is 2.34. The average Bonchev–Trinajstić information content (AvgIpc) is 2.21. The van der Waals surface area contributed by atoms with Crippen molar-refractivity contribution in [3.63, 3.8) is 0 Å². The fraction of sp³-hybridized carbons (Fsp3) is 0.273. The molecule has 0 aliphatic carbocycles. The Labute approximate surface area is 103 Å². The number of carboxylic acid groups (broad SMARTS) is 2. The highest BCUT2D eigenvalue weighted by molar-refractivity contribution is 5.67. The molecule has 0 bridgehead atoms. The molecule has 1 rings (SSSR count). The van der Waals surface area contributed by atoms with Gasteiger partial charge in [-0.05, 0) is 12.1 Å². The zero-order valence-electron chi connectivity index (χ0n) is 9.38. The van der Waals surface area contributed by atoms with Crippen molar-refractivity contribution in [2.75, 3.05) is 13.1 Å². The number of quaternary nitrogens is 1. The van der Waals surface area contributed by atoms with Crippen LogP contribution in [0.25, 0.3) is 0 Å². The van der Waals surface area contributed by atoms with Crippen molar-refractivity contribution in [2.45, 2.75) is 6.54 Å². The van der Waals surface area contributed by atoms with Gasteiger partial charge in [0.1, 0.15) is 31.1 Å². The topological polar surface area (TPSA) is 125 Å². The number of carbonyl (C=O) groups excluding carboxylic acids is 2. The second kappa shape index (κ2) is 5.87. The molecule has 0 radical (unpaired) electrons. The Bertz CT molecular complexity index is 423. The van der Waals surface area contributed by atoms with Gasteiger partial charge in [0.05, 0.1) is 17.5 Å². The van der Waals surface area contributed by atoms with Gasteiger partial charge in [0, 0.05) is 0 Å². The molecule has 0 aliphatic rings. The zero-order valence-corrected chi connectivity index (χ0v) is 9.38. The van der Waals surface area contributed by atoms with E-state index >= 15 is 0 Å². The van der Waals surface area contributed by atoms with Gasteiger partial charge in [-0.25, -0.2) is 0 Å². The molecular formula is C11H12NO6-. The van der Waals surface area contributed by atoms with Gasteiger partial charge in [0.25, 0.3) is 0 Å². The molecule has 0 unspecified atom stereocenters. The highest BCUT2D eigenvalue weighted by atomic mass is 16.4. The fourth-order valence-corrected chi connectivity index (χ4v) is 1.59. The van der Waals surface area contributed by atoms with E-state index < -0.39 is 25.0 Å². The normalized spacial score (nSPS) is 10.5. The summed E-state index contributed by atoms with van der Waals surface area (Å²) in [5.74, 6) is -3.32. The van der Waals surface area contributed by atoms with Crippen molar-refractivity contribution < 1.29 is 34.9 Å². The molecule has 1 aromatic rings. The SMILES string of the molecule is O=C([O-])C[NH+](CC(=O)[O-])Cc1c(O)cccc1O. The Morgan fingerprint density at radius 1 is 1.06 bits per heavy atom. The first kappa shape index (κ1) is 13.8. The third-order valence-electron chi connectivity index (χ3n) is 2.34. The van der Waals surface area contributed by atoms with Crippen LogP contribution in [-0.4, -0.2) is 35.2 Å². The van der Waals surface area contributed by atoms with Crippen molar-refractivity contribution >= 4 is 11.9 Å². The number of carboxylic acids is 2. The molecule has 0 heterocycles. The van der Waals surface area contributed by atoms with Crippen LogP contribution in [0.1, 0.15) is 5.56 Å². The maximum Gasteiger partial charge on any atom is 0.128 e. The maximum atomic E-state index is 10.5. The number of carbonyl (C=O) groups is 2. The van der Waals surface area contributed by atoms with Crippen LogP contribution in [0.15, 0.2) is 18.2 Å². The molecule has 18 heavy (non-hydrogen) atoms. The lowest BCUT2D eigenvalue weighted by Crippen LogP contribution is -3.13. The van der Waals surface area contributed by atoms with E-state index in [2.05, 4.69) is 0 Å². The number of rotatable bonds is 6. The number of hydrogen-bond donors (Lipinski definition) is 3. The largest absolute Gasteiger partial charge is 0.544 e. The van der Waals surface area contributed by atoms with Gasteiger partial charge < -0.3 is 34.9 Å². The van der Waals surface area contributed by atoms with Gasteiger partial charge in [-0.3, -0.25) is 0 Å². The summed E-state index contributed by atoms with van der Waals surface area (Å²) in [6.07, 6.45) is 0. The Morgan fingerprint density at radius 3 is 1.89 bits per heavy atom. The number of phenolic OH excluding ortho intramolecular Hbond substituents is 2. The van der Waals surface area contributed by atoms with E-state index in [9.17, 15) is 30.0 Å². The van der Waals surface area contributed by atoms with Gasteiger partial charge in [-0.1, -0.05) is 6.07 Å². The van der Waals surface area contributed by atoms with Gasteiger partial charge in [-0.2, -0.15) is 0 Å². The van der Waals surface area contributed by atoms with Crippen LogP contribution in [0.3, 0.4) is 0 Å². The fourth-order valence-electron chi connectivity index (χ4n) is 1.59. The highest BCUT2D eigenvalue weighted by Gasteiger charge is 2.16. The molecule has 0 aliphatic heterocycles. The molecule has 7 nitrogen and oxygen atoms in total. The molecule has 0 saturated heterocycles. The summed E-state index contributed by atoms with van der Waals surface area (Å²) in [7, 11) is 0. The number of benzene rings is 1. The predicted molar refractivity (Wildman–Crippen MR) is 54.2 cm³/mol. The first-order valence-electron chi connectivity index (χ1n) is 5.13. The van der Waals surface area contributed by atoms with Gasteiger partial charge in [-0.15, -0.1) is 0 Å². The summed E-state index contributed by atoms with van der Waals surface area (Å²) in [6.45, 7) is -1.30. The quantitative estimate of drug-likeness (QED) is 0.475. The number of hydrogen-bond acceptors (Lipinski definition) is 6. The van der Waals surface area contributed by atoms with Crippen molar-refractivity contribution in [1.82, 2.24) is 0 Å². The Morgan fingerprint density at radius 2 is 1.50 bits per heavy atom. The van der Waals surface area contributed by atoms with Crippen LogP contribution in [0.5, 0.6) is 11.5 Å². The molecular weight excluding hydrogens is 242 g/mol. The average molecular weight is 254 g/mol. The van der Waals surface area contributed by atoms with Crippen LogP contribution >= 0.6 is 0 Å². The number of aromatic hydroxyl groups is 2. The van der Waals surface area contributed by atoms with E-state index in [-0.39, 0.29) is 28.5 Å². The van der Waals surface area contributed by atoms with Crippen molar-refractivity contribution in [3.05, 3.63) is 23.8 Å². The Hall–Kier alpha value is -2.28. The Balaban J connectivity index is 2.88. The van der Waals surface area contributed by atoms with Crippen molar-refractivity contribution in [2.24, 2.45) is 0 Å². The van der Waals surface area contributed by atoms with Gasteiger partial charge >= 0.3 is 0 Å². The van der Waals surface area contributed by atoms with Crippen LogP contribution in [-0.2, 0) is 16.1 Å². The second-order valence-electron chi connectivity index (χ2n) is 3.80. The third kappa shape index (κ3) is 3.95. The maximum absolute atomic E-state index is 10.5. The summed E-state index contributed by atoms with van der Waals surface area (Å²) in [5.41, 5.74) is 0.0787. The Kier molecular flexibility index (Phi) is 4.50. The molecule has 1 aromatic carbocycles. The van der Waals surface area contributed by atoms with Crippen LogP contribution < -0.4 is 15.1 Å². The van der Waals surface area contributed by atoms with Gasteiger partial charge in [0.2, 0.25) is 0 Å². The zero-order chi connectivity index (χ0) is 13.7. The van der Waals surface area contributed by atoms with E-state index in [1.807, 2.05) is 0 Å². The minimum Gasteiger partial charge on any atom is -0.544 e. The molecule has 0 saturated carbocycles. The smallest absolute Gasteiger partial charge is 0.128 e. The summed E-state index contributed by atoms with van der Waals surface area (Å²) in [4.78, 5) is 21.0. The molecule has 0 aromatic heterocycles. The molecule has 98 valence electrons. The molecule has 0 fully saturated rings. The van der Waals surface area contributed by atoms with Crippen LogP contribution in [0, 0.1) is 0 Å². The summed E-state index contributed by atoms with van der Waals surface area (Å²) in [6, 6.07) is 4.03. The monoisotopic (exact) mass is 254 g/mol. The van der Waals surface area contributed by atoms with Crippen LogP contribution in [0.4, 0.5) is 0 Å². The first-order valence-corrected chi connectivity index (χ1v) is 5.13. The molecule has 3 N–H and O–H groups in total. The van der Waals surface area contributed by atoms with Gasteiger partial charge in [0.15, 0.2) is 0 Å². The van der Waals surface area contributed by atoms with Crippen LogP contribution in [0.2, 0.25) is 0 Å². The first-order chi connectivity index (χ1) is 8.40. The number of phenols is 2. The lowest BCUT2D eigenvalue weighted by Gasteiger charge is -2.21. The lowest BCUT2D eigenvalue weighted by molar-refractivity contribution is -0.902. The standard InChI is InChI=1S/C11H13NO6/c13-8-2-1-3-9(14)7(8)4-12(5-10(15)16)6-11(17)18/h1-3,13-14H,4-6H2,(H,15,16)(H,17,18)/p-1. The summed E-state index contributed by atoms with van der Waals surface area (Å²) >= 11 is 0. The van der Waals surface area contributed by atoms with E-state index in [0.717, 1.165) is 0 Å². The molecule has 0 spiro atoms. The lowest BCUT2D eigenvalue weighted by atomic mass is 10.1. The minimum absolute atomic E-state index is 0.0757. The summed E-state index contributed by atoms with van der Waals surface area (Å²) < 4.78 is 0. The number of nitrogens with one attached hydrogen (secondary N) is 1. The highest BCUT2D eigenvalue weighted by Crippen LogP contribution is 2.24. The predicted octanol–water partition coefficient (Wildman–Crippen LogP) is -4.02. The van der Waals surface area contributed by atoms with E-state index in [1.165, 1.54) is 18.2 Å².